The predicted molar refractivity (Wildman–Crippen MR) is 132 cm³/mol. The lowest BCUT2D eigenvalue weighted by Gasteiger charge is -2.19. The maximum Gasteiger partial charge on any atom is 0.256 e. The van der Waals surface area contributed by atoms with Gasteiger partial charge in [-0.2, -0.15) is 5.10 Å². The van der Waals surface area contributed by atoms with Gasteiger partial charge in [-0.3, -0.25) is 9.59 Å². The molecule has 1 aliphatic heterocycles. The number of hydrogen-bond acceptors (Lipinski definition) is 6. The van der Waals surface area contributed by atoms with E-state index < -0.39 is 0 Å². The number of aromatic nitrogens is 3. The summed E-state index contributed by atoms with van der Waals surface area (Å²) in [6, 6.07) is 14.2. The molecule has 0 aliphatic carbocycles. The summed E-state index contributed by atoms with van der Waals surface area (Å²) in [6.45, 7) is 5.01. The number of carbonyl (C=O) groups excluding carboxylic acids is 2. The van der Waals surface area contributed by atoms with Crippen LogP contribution < -0.4 is 20.1 Å². The summed E-state index contributed by atoms with van der Waals surface area (Å²) in [5, 5.41) is 10.6. The van der Waals surface area contributed by atoms with Crippen LogP contribution in [0.4, 0.5) is 5.69 Å². The lowest BCUT2D eigenvalue weighted by atomic mass is 10.1. The van der Waals surface area contributed by atoms with E-state index in [0.29, 0.717) is 58.3 Å². The fraction of sp³-hybridized carbons (Fsp3) is 0.231. The van der Waals surface area contributed by atoms with Crippen LogP contribution in [0, 0.1) is 0 Å². The number of hydrogen-bond donors (Lipinski definition) is 2. The molecule has 0 atom stereocenters. The Balaban J connectivity index is 1.58. The zero-order valence-electron chi connectivity index (χ0n) is 19.7. The number of benzene rings is 2. The molecule has 178 valence electrons. The van der Waals surface area contributed by atoms with Crippen LogP contribution in [-0.2, 0) is 0 Å². The molecule has 0 saturated heterocycles. The Hall–Kier alpha value is -4.40. The quantitative estimate of drug-likeness (QED) is 0.455. The molecule has 0 saturated carbocycles. The number of pyridine rings is 1. The van der Waals surface area contributed by atoms with Crippen molar-refractivity contribution in [3.8, 4) is 22.8 Å². The highest BCUT2D eigenvalue weighted by Crippen LogP contribution is 2.35. The Morgan fingerprint density at radius 2 is 1.80 bits per heavy atom. The van der Waals surface area contributed by atoms with Gasteiger partial charge in [0.05, 0.1) is 22.8 Å². The molecule has 0 unspecified atom stereocenters. The number of fused-ring (bicyclic) bond motifs is 2. The van der Waals surface area contributed by atoms with E-state index in [-0.39, 0.29) is 17.9 Å². The normalized spacial score (nSPS) is 12.6. The van der Waals surface area contributed by atoms with Crippen LogP contribution in [0.5, 0.6) is 11.5 Å². The van der Waals surface area contributed by atoms with Crippen LogP contribution in [0.15, 0.2) is 54.7 Å². The molecule has 1 aliphatic rings. The molecular weight excluding hydrogens is 446 g/mol. The maximum atomic E-state index is 13.5. The summed E-state index contributed by atoms with van der Waals surface area (Å²) in [4.78, 5) is 30.3. The lowest BCUT2D eigenvalue weighted by Crippen LogP contribution is -2.18. The Morgan fingerprint density at radius 1 is 1.00 bits per heavy atom. The standard InChI is InChI=1S/C26H25N5O4/c1-15(2)31-24-20(14-28-31)19(26(33)29-18-6-4-5-17(11-18)25(32)27-3)13-21(30-24)16-7-8-22-23(12-16)35-10-9-34-22/h4-8,11-15H,9-10H2,1-3H3,(H,27,32)(H,29,33). The highest BCUT2D eigenvalue weighted by molar-refractivity contribution is 6.13. The number of carbonyl (C=O) groups is 2. The fourth-order valence-electron chi connectivity index (χ4n) is 4.02. The van der Waals surface area contributed by atoms with Crippen molar-refractivity contribution >= 4 is 28.5 Å². The average molecular weight is 472 g/mol. The van der Waals surface area contributed by atoms with Gasteiger partial charge >= 0.3 is 0 Å². The number of nitrogens with zero attached hydrogens (tertiary/aromatic N) is 3. The van der Waals surface area contributed by atoms with Crippen LogP contribution in [-0.4, -0.2) is 46.8 Å². The molecule has 2 aromatic heterocycles. The topological polar surface area (TPSA) is 107 Å². The van der Waals surface area contributed by atoms with Gasteiger partial charge in [0.15, 0.2) is 17.1 Å². The van der Waals surface area contributed by atoms with Gasteiger partial charge in [-0.05, 0) is 56.3 Å². The molecule has 2 N–H and O–H groups in total. The van der Waals surface area contributed by atoms with Gasteiger partial charge in [0, 0.05) is 29.9 Å². The summed E-state index contributed by atoms with van der Waals surface area (Å²) >= 11 is 0. The van der Waals surface area contributed by atoms with E-state index in [4.69, 9.17) is 14.5 Å². The van der Waals surface area contributed by atoms with Crippen LogP contribution >= 0.6 is 0 Å². The number of ether oxygens (including phenoxy) is 2. The fourth-order valence-corrected chi connectivity index (χ4v) is 4.02. The summed E-state index contributed by atoms with van der Waals surface area (Å²) < 4.78 is 13.2. The van der Waals surface area contributed by atoms with Gasteiger partial charge in [-0.1, -0.05) is 6.07 Å². The van der Waals surface area contributed by atoms with Crippen LogP contribution in [0.25, 0.3) is 22.3 Å². The second kappa shape index (κ2) is 9.09. The summed E-state index contributed by atoms with van der Waals surface area (Å²) in [5.41, 5.74) is 3.41. The summed E-state index contributed by atoms with van der Waals surface area (Å²) in [7, 11) is 1.56. The molecule has 9 nitrogen and oxygen atoms in total. The van der Waals surface area contributed by atoms with E-state index >= 15 is 0 Å². The van der Waals surface area contributed by atoms with Crippen molar-refractivity contribution in [2.45, 2.75) is 19.9 Å². The number of anilines is 1. The zero-order valence-corrected chi connectivity index (χ0v) is 19.7. The van der Waals surface area contributed by atoms with Gasteiger partial charge in [0.25, 0.3) is 11.8 Å². The second-order valence-corrected chi connectivity index (χ2v) is 8.45. The third kappa shape index (κ3) is 4.28. The van der Waals surface area contributed by atoms with Crippen molar-refractivity contribution in [1.82, 2.24) is 20.1 Å². The maximum absolute atomic E-state index is 13.5. The van der Waals surface area contributed by atoms with E-state index in [9.17, 15) is 9.59 Å². The first-order valence-electron chi connectivity index (χ1n) is 11.4. The van der Waals surface area contributed by atoms with E-state index in [1.54, 1.807) is 48.3 Å². The Bertz CT molecular complexity index is 1440. The van der Waals surface area contributed by atoms with Gasteiger partial charge in [0.1, 0.15) is 13.2 Å². The lowest BCUT2D eigenvalue weighted by molar-refractivity contribution is 0.0961. The number of rotatable bonds is 5. The molecule has 0 radical (unpaired) electrons. The minimum atomic E-state index is -0.325. The third-order valence-corrected chi connectivity index (χ3v) is 5.75. The van der Waals surface area contributed by atoms with E-state index in [1.165, 1.54) is 0 Å². The Labute approximate surface area is 202 Å². The van der Waals surface area contributed by atoms with Crippen molar-refractivity contribution in [1.29, 1.82) is 0 Å². The van der Waals surface area contributed by atoms with Crippen molar-refractivity contribution in [3.05, 3.63) is 65.9 Å². The van der Waals surface area contributed by atoms with Crippen LogP contribution in [0.1, 0.15) is 40.6 Å². The monoisotopic (exact) mass is 471 g/mol. The van der Waals surface area contributed by atoms with E-state index in [0.717, 1.165) is 5.56 Å². The van der Waals surface area contributed by atoms with Gasteiger partial charge < -0.3 is 20.1 Å². The molecule has 35 heavy (non-hydrogen) atoms. The van der Waals surface area contributed by atoms with Gasteiger partial charge in [0.2, 0.25) is 0 Å². The first-order valence-corrected chi connectivity index (χ1v) is 11.4. The largest absolute Gasteiger partial charge is 0.486 e. The van der Waals surface area contributed by atoms with Crippen molar-refractivity contribution in [2.75, 3.05) is 25.6 Å². The molecule has 0 fully saturated rings. The molecular formula is C26H25N5O4. The van der Waals surface area contributed by atoms with E-state index in [2.05, 4.69) is 15.7 Å². The molecule has 3 heterocycles. The Kier molecular flexibility index (Phi) is 5.82. The number of nitrogens with one attached hydrogen (secondary N) is 2. The molecule has 5 rings (SSSR count). The molecule has 0 spiro atoms. The van der Waals surface area contributed by atoms with Crippen LogP contribution in [0.2, 0.25) is 0 Å². The Morgan fingerprint density at radius 3 is 2.57 bits per heavy atom. The smallest absolute Gasteiger partial charge is 0.256 e. The minimum absolute atomic E-state index is 0.0515. The first kappa shape index (κ1) is 22.4. The average Bonchev–Trinajstić information content (AvgIpc) is 3.32. The van der Waals surface area contributed by atoms with Crippen molar-refractivity contribution in [2.24, 2.45) is 0 Å². The predicted octanol–water partition coefficient (Wildman–Crippen LogP) is 4.06. The number of amides is 2. The SMILES string of the molecule is CNC(=O)c1cccc(NC(=O)c2cc(-c3ccc4c(c3)OCCO4)nc3c2cnn3C(C)C)c1. The van der Waals surface area contributed by atoms with Crippen molar-refractivity contribution < 1.29 is 19.1 Å². The molecule has 0 bridgehead atoms. The van der Waals surface area contributed by atoms with E-state index in [1.807, 2.05) is 32.0 Å². The third-order valence-electron chi connectivity index (χ3n) is 5.75. The molecule has 2 amide bonds. The molecule has 9 heteroatoms. The second-order valence-electron chi connectivity index (χ2n) is 8.45. The van der Waals surface area contributed by atoms with Crippen LogP contribution in [0.3, 0.4) is 0 Å². The first-order chi connectivity index (χ1) is 16.9. The molecule has 4 aromatic rings. The highest BCUT2D eigenvalue weighted by Gasteiger charge is 2.20. The molecule has 2 aromatic carbocycles. The van der Waals surface area contributed by atoms with Gasteiger partial charge in [-0.15, -0.1) is 0 Å². The van der Waals surface area contributed by atoms with Gasteiger partial charge in [-0.25, -0.2) is 9.67 Å². The summed E-state index contributed by atoms with van der Waals surface area (Å²) in [5.74, 6) is 0.771. The zero-order chi connectivity index (χ0) is 24.5. The van der Waals surface area contributed by atoms with Crippen molar-refractivity contribution in [3.63, 3.8) is 0 Å². The highest BCUT2D eigenvalue weighted by atomic mass is 16.6. The summed E-state index contributed by atoms with van der Waals surface area (Å²) in [6.07, 6.45) is 1.66. The minimum Gasteiger partial charge on any atom is -0.486 e.